The maximum Gasteiger partial charge on any atom is 0.336 e. The van der Waals surface area contributed by atoms with Gasteiger partial charge in [0.15, 0.2) is 12.6 Å². The summed E-state index contributed by atoms with van der Waals surface area (Å²) in [6, 6.07) is 0. The van der Waals surface area contributed by atoms with Gasteiger partial charge in [0, 0.05) is 5.57 Å². The maximum atomic E-state index is 11.8. The number of rotatable bonds is 11. The molecule has 6 heteroatoms. The fourth-order valence-electron chi connectivity index (χ4n) is 1.43. The van der Waals surface area contributed by atoms with Crippen molar-refractivity contribution in [2.75, 3.05) is 13.2 Å². The third-order valence-corrected chi connectivity index (χ3v) is 2.55. The molecule has 0 saturated carbocycles. The summed E-state index contributed by atoms with van der Waals surface area (Å²) < 4.78 is 20.7. The Balaban J connectivity index is 4.10. The normalized spacial score (nSPS) is 13.7. The van der Waals surface area contributed by atoms with Gasteiger partial charge in [-0.25, -0.2) is 4.79 Å². The number of hydrogen-bond acceptors (Lipinski definition) is 6. The van der Waals surface area contributed by atoms with Crippen molar-refractivity contribution in [2.24, 2.45) is 11.8 Å². The fourth-order valence-corrected chi connectivity index (χ4v) is 1.43. The zero-order chi connectivity index (χ0) is 18.0. The quantitative estimate of drug-likeness (QED) is 0.329. The zero-order valence-corrected chi connectivity index (χ0v) is 15.1. The first kappa shape index (κ1) is 21.6. The van der Waals surface area contributed by atoms with Crippen molar-refractivity contribution in [3.05, 3.63) is 12.2 Å². The molecule has 23 heavy (non-hydrogen) atoms. The van der Waals surface area contributed by atoms with Crippen LogP contribution in [0.15, 0.2) is 12.2 Å². The number of esters is 2. The van der Waals surface area contributed by atoms with E-state index >= 15 is 0 Å². The standard InChI is InChI=1S/C17H30O6/c1-11(2)9-20-14(6)22-16(18)8-13(5)17(19)23-15(7)21-10-12(3)4/h11-12,14-15H,5,8-10H2,1-4,6-7H3. The predicted molar refractivity (Wildman–Crippen MR) is 86.4 cm³/mol. The zero-order valence-electron chi connectivity index (χ0n) is 15.1. The molecule has 0 aliphatic heterocycles. The average Bonchev–Trinajstić information content (AvgIpc) is 2.42. The highest BCUT2D eigenvalue weighted by molar-refractivity contribution is 5.93. The molecular formula is C17H30O6. The van der Waals surface area contributed by atoms with Crippen LogP contribution >= 0.6 is 0 Å². The average molecular weight is 330 g/mol. The molecule has 0 bridgehead atoms. The first-order valence-corrected chi connectivity index (χ1v) is 7.93. The van der Waals surface area contributed by atoms with Gasteiger partial charge >= 0.3 is 11.9 Å². The molecule has 0 aliphatic carbocycles. The van der Waals surface area contributed by atoms with Gasteiger partial charge in [-0.3, -0.25) is 4.79 Å². The minimum atomic E-state index is -0.689. The minimum absolute atomic E-state index is 0.0195. The van der Waals surface area contributed by atoms with E-state index in [-0.39, 0.29) is 12.0 Å². The molecule has 0 spiro atoms. The highest BCUT2D eigenvalue weighted by Crippen LogP contribution is 2.09. The summed E-state index contributed by atoms with van der Waals surface area (Å²) >= 11 is 0. The summed E-state index contributed by atoms with van der Waals surface area (Å²) in [4.78, 5) is 23.5. The highest BCUT2D eigenvalue weighted by atomic mass is 16.7. The van der Waals surface area contributed by atoms with Crippen LogP contribution < -0.4 is 0 Å². The molecule has 0 aromatic heterocycles. The Labute approximate surface area is 139 Å². The summed E-state index contributed by atoms with van der Waals surface area (Å²) in [7, 11) is 0. The predicted octanol–water partition coefficient (Wildman–Crippen LogP) is 3.06. The minimum Gasteiger partial charge on any atom is -0.436 e. The van der Waals surface area contributed by atoms with E-state index in [0.717, 1.165) is 0 Å². The van der Waals surface area contributed by atoms with Crippen LogP contribution in [-0.2, 0) is 28.5 Å². The third-order valence-electron chi connectivity index (χ3n) is 2.55. The Morgan fingerprint density at radius 2 is 1.26 bits per heavy atom. The lowest BCUT2D eigenvalue weighted by atomic mass is 10.2. The molecule has 0 aromatic carbocycles. The van der Waals surface area contributed by atoms with E-state index < -0.39 is 24.5 Å². The van der Waals surface area contributed by atoms with E-state index in [1.54, 1.807) is 13.8 Å². The maximum absolute atomic E-state index is 11.8. The van der Waals surface area contributed by atoms with Crippen LogP contribution in [0.5, 0.6) is 0 Å². The number of carbonyl (C=O) groups is 2. The monoisotopic (exact) mass is 330 g/mol. The molecule has 0 aromatic rings. The summed E-state index contributed by atoms with van der Waals surface area (Å²) in [5, 5.41) is 0. The van der Waals surface area contributed by atoms with Gasteiger partial charge in [-0.2, -0.15) is 0 Å². The SMILES string of the molecule is C=C(CC(=O)OC(C)OCC(C)C)C(=O)OC(C)OCC(C)C. The highest BCUT2D eigenvalue weighted by Gasteiger charge is 2.19. The second-order valence-electron chi connectivity index (χ2n) is 6.27. The van der Waals surface area contributed by atoms with Crippen LogP contribution in [-0.4, -0.2) is 37.7 Å². The number of hydrogen-bond donors (Lipinski definition) is 0. The Bertz CT molecular complexity index is 389. The molecule has 6 nitrogen and oxygen atoms in total. The summed E-state index contributed by atoms with van der Waals surface area (Å²) in [6.45, 7) is 15.7. The second kappa shape index (κ2) is 11.2. The van der Waals surface area contributed by atoms with E-state index in [2.05, 4.69) is 6.58 Å². The van der Waals surface area contributed by atoms with Gasteiger partial charge in [0.25, 0.3) is 0 Å². The Morgan fingerprint density at radius 3 is 1.70 bits per heavy atom. The third kappa shape index (κ3) is 11.8. The molecule has 0 saturated heterocycles. The molecule has 0 rings (SSSR count). The summed E-state index contributed by atoms with van der Waals surface area (Å²) in [5.74, 6) is -0.581. The molecule has 0 amide bonds. The Morgan fingerprint density at radius 1 is 0.826 bits per heavy atom. The number of carbonyl (C=O) groups excluding carboxylic acids is 2. The van der Waals surface area contributed by atoms with Gasteiger partial charge in [0.1, 0.15) is 0 Å². The van der Waals surface area contributed by atoms with Crippen molar-refractivity contribution in [1.29, 1.82) is 0 Å². The Hall–Kier alpha value is -1.40. The van der Waals surface area contributed by atoms with Crippen molar-refractivity contribution < 1.29 is 28.5 Å². The van der Waals surface area contributed by atoms with Crippen LogP contribution in [0.2, 0.25) is 0 Å². The first-order valence-electron chi connectivity index (χ1n) is 7.93. The van der Waals surface area contributed by atoms with E-state index in [4.69, 9.17) is 18.9 Å². The molecule has 2 unspecified atom stereocenters. The Kier molecular flexibility index (Phi) is 10.5. The van der Waals surface area contributed by atoms with Gasteiger partial charge in [-0.15, -0.1) is 0 Å². The fraction of sp³-hybridized carbons (Fsp3) is 0.765. The van der Waals surface area contributed by atoms with Gasteiger partial charge in [-0.1, -0.05) is 34.3 Å². The van der Waals surface area contributed by atoms with Crippen LogP contribution in [0.25, 0.3) is 0 Å². The molecular weight excluding hydrogens is 300 g/mol. The van der Waals surface area contributed by atoms with Crippen molar-refractivity contribution in [2.45, 2.75) is 60.5 Å². The van der Waals surface area contributed by atoms with Crippen LogP contribution in [0.3, 0.4) is 0 Å². The first-order chi connectivity index (χ1) is 10.6. The largest absolute Gasteiger partial charge is 0.436 e. The lowest BCUT2D eigenvalue weighted by Crippen LogP contribution is -2.24. The number of ether oxygens (including phenoxy) is 4. The molecule has 0 N–H and O–H groups in total. The van der Waals surface area contributed by atoms with E-state index in [9.17, 15) is 9.59 Å². The van der Waals surface area contributed by atoms with E-state index in [1.807, 2.05) is 27.7 Å². The van der Waals surface area contributed by atoms with Crippen molar-refractivity contribution >= 4 is 11.9 Å². The van der Waals surface area contributed by atoms with Gasteiger partial charge in [0.2, 0.25) is 0 Å². The lowest BCUT2D eigenvalue weighted by Gasteiger charge is -2.17. The molecule has 0 radical (unpaired) electrons. The molecule has 0 heterocycles. The smallest absolute Gasteiger partial charge is 0.336 e. The molecule has 2 atom stereocenters. The van der Waals surface area contributed by atoms with Crippen LogP contribution in [0, 0.1) is 11.8 Å². The van der Waals surface area contributed by atoms with Gasteiger partial charge in [0.05, 0.1) is 19.6 Å². The lowest BCUT2D eigenvalue weighted by molar-refractivity contribution is -0.179. The van der Waals surface area contributed by atoms with Crippen LogP contribution in [0.1, 0.15) is 48.0 Å². The molecule has 134 valence electrons. The topological polar surface area (TPSA) is 71.1 Å². The second-order valence-corrected chi connectivity index (χ2v) is 6.27. The van der Waals surface area contributed by atoms with Crippen molar-refractivity contribution in [1.82, 2.24) is 0 Å². The van der Waals surface area contributed by atoms with E-state index in [1.165, 1.54) is 0 Å². The molecule has 0 aliphatic rings. The van der Waals surface area contributed by atoms with Crippen molar-refractivity contribution in [3.63, 3.8) is 0 Å². The van der Waals surface area contributed by atoms with Gasteiger partial charge in [-0.05, 0) is 25.7 Å². The summed E-state index contributed by atoms with van der Waals surface area (Å²) in [6.07, 6.45) is -1.60. The van der Waals surface area contributed by atoms with Gasteiger partial charge < -0.3 is 18.9 Å². The summed E-state index contributed by atoms with van der Waals surface area (Å²) in [5.41, 5.74) is 0.0195. The molecule has 0 fully saturated rings. The van der Waals surface area contributed by atoms with Crippen molar-refractivity contribution in [3.8, 4) is 0 Å². The van der Waals surface area contributed by atoms with Crippen LogP contribution in [0.4, 0.5) is 0 Å². The van der Waals surface area contributed by atoms with E-state index in [0.29, 0.717) is 25.0 Å².